The summed E-state index contributed by atoms with van der Waals surface area (Å²) in [7, 11) is 2.05. The molecule has 122 valence electrons. The van der Waals surface area contributed by atoms with Crippen molar-refractivity contribution in [1.29, 1.82) is 0 Å². The van der Waals surface area contributed by atoms with Gasteiger partial charge in [0.15, 0.2) is 0 Å². The van der Waals surface area contributed by atoms with Crippen molar-refractivity contribution in [1.82, 2.24) is 15.3 Å². The van der Waals surface area contributed by atoms with Crippen LogP contribution in [-0.4, -0.2) is 42.7 Å². The molecule has 3 atom stereocenters. The minimum absolute atomic E-state index is 0.312. The molecular formula is C16H28N6. The zero-order valence-corrected chi connectivity index (χ0v) is 14.1. The van der Waals surface area contributed by atoms with Crippen molar-refractivity contribution in [3.63, 3.8) is 0 Å². The fourth-order valence-corrected chi connectivity index (χ4v) is 3.41. The molecular weight excluding hydrogens is 276 g/mol. The Kier molecular flexibility index (Phi) is 3.89. The predicted octanol–water partition coefficient (Wildman–Crippen LogP) is 1.56. The second-order valence-corrected chi connectivity index (χ2v) is 7.75. The van der Waals surface area contributed by atoms with Gasteiger partial charge in [0, 0.05) is 31.7 Å². The molecule has 0 aromatic carbocycles. The average Bonchev–Trinajstić information content (AvgIpc) is 2.88. The third kappa shape index (κ3) is 3.27. The fraction of sp³-hybridized carbons (Fsp3) is 0.750. The molecule has 0 radical (unpaired) electrons. The van der Waals surface area contributed by atoms with Gasteiger partial charge in [-0.2, -0.15) is 9.97 Å². The van der Waals surface area contributed by atoms with Crippen molar-refractivity contribution >= 4 is 17.6 Å². The van der Waals surface area contributed by atoms with Gasteiger partial charge in [0.05, 0.1) is 0 Å². The monoisotopic (exact) mass is 304 g/mol. The number of anilines is 3. The first kappa shape index (κ1) is 15.3. The molecule has 6 heteroatoms. The van der Waals surface area contributed by atoms with Crippen molar-refractivity contribution in [3.05, 3.63) is 6.07 Å². The molecule has 0 spiro atoms. The van der Waals surface area contributed by atoms with Crippen LogP contribution < -0.4 is 21.3 Å². The van der Waals surface area contributed by atoms with Gasteiger partial charge in [0.25, 0.3) is 0 Å². The Labute approximate surface area is 132 Å². The molecule has 1 aliphatic carbocycles. The van der Waals surface area contributed by atoms with Crippen LogP contribution in [-0.2, 0) is 0 Å². The topological polar surface area (TPSA) is 79.1 Å². The van der Waals surface area contributed by atoms with Crippen LogP contribution in [0.25, 0.3) is 0 Å². The van der Waals surface area contributed by atoms with E-state index >= 15 is 0 Å². The maximum Gasteiger partial charge on any atom is 0.223 e. The second kappa shape index (κ2) is 5.57. The summed E-state index contributed by atoms with van der Waals surface area (Å²) in [4.78, 5) is 11.0. The van der Waals surface area contributed by atoms with E-state index < -0.39 is 0 Å². The fourth-order valence-electron chi connectivity index (χ4n) is 3.41. The lowest BCUT2D eigenvalue weighted by Gasteiger charge is -2.22. The van der Waals surface area contributed by atoms with Crippen molar-refractivity contribution in [2.45, 2.75) is 33.2 Å². The van der Waals surface area contributed by atoms with Crippen LogP contribution in [0.1, 0.15) is 27.2 Å². The maximum atomic E-state index is 5.88. The maximum absolute atomic E-state index is 5.88. The Balaban J connectivity index is 1.61. The minimum atomic E-state index is 0.312. The molecule has 1 aromatic heterocycles. The van der Waals surface area contributed by atoms with Crippen LogP contribution in [0.5, 0.6) is 0 Å². The number of rotatable bonds is 5. The van der Waals surface area contributed by atoms with E-state index in [0.717, 1.165) is 49.5 Å². The quantitative estimate of drug-likeness (QED) is 0.766. The molecule has 1 aromatic rings. The van der Waals surface area contributed by atoms with Gasteiger partial charge in [-0.25, -0.2) is 0 Å². The van der Waals surface area contributed by atoms with Gasteiger partial charge in [0.2, 0.25) is 5.95 Å². The summed E-state index contributed by atoms with van der Waals surface area (Å²) < 4.78 is 0. The standard InChI is InChI=1S/C16H28N6/c1-16(2,3)5-6-19-12-7-13(21-15(17)20-12)22-8-10-11(9-22)14(10)18-4/h7,10-11,14,18H,5-6,8-9H2,1-4H3,(H3,17,19,20,21)/t10-,11+,14?. The third-order valence-electron chi connectivity index (χ3n) is 4.76. The van der Waals surface area contributed by atoms with Gasteiger partial charge in [-0.1, -0.05) is 20.8 Å². The number of aromatic nitrogens is 2. The molecule has 3 rings (SSSR count). The van der Waals surface area contributed by atoms with Gasteiger partial charge in [0.1, 0.15) is 11.6 Å². The highest BCUT2D eigenvalue weighted by atomic mass is 15.3. The number of piperidine rings is 1. The summed E-state index contributed by atoms with van der Waals surface area (Å²) >= 11 is 0. The van der Waals surface area contributed by atoms with Crippen LogP contribution in [0.15, 0.2) is 6.07 Å². The zero-order chi connectivity index (χ0) is 15.9. The van der Waals surface area contributed by atoms with Gasteiger partial charge in [-0.15, -0.1) is 0 Å². The number of nitrogens with two attached hydrogens (primary N) is 1. The molecule has 2 heterocycles. The van der Waals surface area contributed by atoms with E-state index in [1.165, 1.54) is 0 Å². The van der Waals surface area contributed by atoms with E-state index in [0.29, 0.717) is 17.4 Å². The predicted molar refractivity (Wildman–Crippen MR) is 91.0 cm³/mol. The summed E-state index contributed by atoms with van der Waals surface area (Å²) in [6.45, 7) is 9.74. The van der Waals surface area contributed by atoms with Gasteiger partial charge >= 0.3 is 0 Å². The van der Waals surface area contributed by atoms with Crippen LogP contribution >= 0.6 is 0 Å². The first-order valence-corrected chi connectivity index (χ1v) is 8.18. The summed E-state index contributed by atoms with van der Waals surface area (Å²) in [5.74, 6) is 3.66. The van der Waals surface area contributed by atoms with E-state index in [2.05, 4.69) is 46.3 Å². The number of hydrogen-bond donors (Lipinski definition) is 3. The Morgan fingerprint density at radius 3 is 2.55 bits per heavy atom. The van der Waals surface area contributed by atoms with Crippen molar-refractivity contribution in [2.24, 2.45) is 17.3 Å². The average molecular weight is 304 g/mol. The highest BCUT2D eigenvalue weighted by Gasteiger charge is 2.55. The summed E-state index contributed by atoms with van der Waals surface area (Å²) in [5, 5.41) is 6.76. The molecule has 0 bridgehead atoms. The molecule has 1 unspecified atom stereocenters. The van der Waals surface area contributed by atoms with Crippen molar-refractivity contribution in [3.8, 4) is 0 Å². The molecule has 2 aliphatic rings. The Morgan fingerprint density at radius 2 is 1.95 bits per heavy atom. The van der Waals surface area contributed by atoms with Gasteiger partial charge in [-0.3, -0.25) is 0 Å². The molecule has 0 amide bonds. The highest BCUT2D eigenvalue weighted by Crippen LogP contribution is 2.46. The lowest BCUT2D eigenvalue weighted by molar-refractivity contribution is 0.389. The Bertz CT molecular complexity index is 526. The van der Waals surface area contributed by atoms with Crippen LogP contribution in [0.3, 0.4) is 0 Å². The van der Waals surface area contributed by atoms with Crippen LogP contribution in [0, 0.1) is 17.3 Å². The molecule has 1 saturated heterocycles. The number of nitrogens with one attached hydrogen (secondary N) is 2. The van der Waals surface area contributed by atoms with Crippen molar-refractivity contribution < 1.29 is 0 Å². The number of hydrogen-bond acceptors (Lipinski definition) is 6. The lowest BCUT2D eigenvalue weighted by Crippen LogP contribution is -2.30. The highest BCUT2D eigenvalue weighted by molar-refractivity contribution is 5.54. The summed E-state index contributed by atoms with van der Waals surface area (Å²) in [5.41, 5.74) is 6.19. The minimum Gasteiger partial charge on any atom is -0.370 e. The smallest absolute Gasteiger partial charge is 0.223 e. The Hall–Kier alpha value is -1.56. The largest absolute Gasteiger partial charge is 0.370 e. The number of fused-ring (bicyclic) bond motifs is 1. The Morgan fingerprint density at radius 1 is 1.27 bits per heavy atom. The van der Waals surface area contributed by atoms with Crippen LogP contribution in [0.4, 0.5) is 17.6 Å². The summed E-state index contributed by atoms with van der Waals surface area (Å²) in [6.07, 6.45) is 1.09. The molecule has 1 saturated carbocycles. The van der Waals surface area contributed by atoms with Gasteiger partial charge < -0.3 is 21.3 Å². The second-order valence-electron chi connectivity index (χ2n) is 7.75. The first-order chi connectivity index (χ1) is 10.4. The lowest BCUT2D eigenvalue weighted by atomic mass is 9.92. The normalized spacial score (nSPS) is 26.9. The van der Waals surface area contributed by atoms with E-state index in [1.54, 1.807) is 0 Å². The van der Waals surface area contributed by atoms with E-state index in [1.807, 2.05) is 13.1 Å². The zero-order valence-electron chi connectivity index (χ0n) is 14.1. The SMILES string of the molecule is CNC1[C@H]2CN(c3cc(NCCC(C)(C)C)nc(N)n3)C[C@@H]12. The van der Waals surface area contributed by atoms with E-state index in [-0.39, 0.29) is 0 Å². The van der Waals surface area contributed by atoms with Gasteiger partial charge in [-0.05, 0) is 30.7 Å². The molecule has 6 nitrogen and oxygen atoms in total. The van der Waals surface area contributed by atoms with E-state index in [4.69, 9.17) is 5.73 Å². The number of nitrogens with zero attached hydrogens (tertiary/aromatic N) is 3. The number of nitrogen functional groups attached to an aromatic ring is 1. The third-order valence-corrected chi connectivity index (χ3v) is 4.76. The molecule has 4 N–H and O–H groups in total. The first-order valence-electron chi connectivity index (χ1n) is 8.18. The molecule has 2 fully saturated rings. The van der Waals surface area contributed by atoms with Crippen molar-refractivity contribution in [2.75, 3.05) is 42.6 Å². The molecule has 1 aliphatic heterocycles. The molecule has 22 heavy (non-hydrogen) atoms. The van der Waals surface area contributed by atoms with E-state index in [9.17, 15) is 0 Å². The van der Waals surface area contributed by atoms with Crippen LogP contribution in [0.2, 0.25) is 0 Å². The summed E-state index contributed by atoms with van der Waals surface area (Å²) in [6, 6.07) is 2.72.